The zero-order valence-corrected chi connectivity index (χ0v) is 19.4. The van der Waals surface area contributed by atoms with Crippen molar-refractivity contribution in [1.82, 2.24) is 0 Å². The van der Waals surface area contributed by atoms with Gasteiger partial charge in [0.2, 0.25) is 0 Å². The van der Waals surface area contributed by atoms with Crippen LogP contribution in [0, 0.1) is 5.82 Å². The molecule has 1 aliphatic rings. The average molecular weight is 512 g/mol. The van der Waals surface area contributed by atoms with E-state index >= 15 is 0 Å². The molecule has 0 amide bonds. The summed E-state index contributed by atoms with van der Waals surface area (Å²) in [6, 6.07) is 13.4. The van der Waals surface area contributed by atoms with Gasteiger partial charge in [-0.25, -0.2) is 9.38 Å². The van der Waals surface area contributed by atoms with Crippen molar-refractivity contribution in [2.75, 3.05) is 36.5 Å². The first-order chi connectivity index (χ1) is 13.6. The lowest BCUT2D eigenvalue weighted by Gasteiger charge is -2.29. The summed E-state index contributed by atoms with van der Waals surface area (Å²) < 4.78 is 19.8. The highest BCUT2D eigenvalue weighted by Crippen LogP contribution is 2.22. The SMILES string of the molecule is CCC(C)c1ccc(NC(N)=NCc2ccc(N3CCOCC3)c(F)c2)cc1.I. The number of aliphatic imine (C=N–C) groups is 1. The second-order valence-corrected chi connectivity index (χ2v) is 7.14. The fraction of sp³-hybridized carbons (Fsp3) is 0.409. The molecule has 5 nitrogen and oxygen atoms in total. The fourth-order valence-electron chi connectivity index (χ4n) is 3.20. The van der Waals surface area contributed by atoms with E-state index in [1.165, 1.54) is 11.6 Å². The standard InChI is InChI=1S/C22H29FN4O.HI/c1-3-16(2)18-5-7-19(8-6-18)26-22(24)25-15-17-4-9-21(20(23)14-17)27-10-12-28-13-11-27;/h4-9,14,16H,3,10-13,15H2,1-2H3,(H3,24,25,26);1H. The number of rotatable bonds is 6. The fourth-order valence-corrected chi connectivity index (χ4v) is 3.20. The van der Waals surface area contributed by atoms with Crippen molar-refractivity contribution in [3.63, 3.8) is 0 Å². The van der Waals surface area contributed by atoms with Gasteiger partial charge in [-0.2, -0.15) is 0 Å². The summed E-state index contributed by atoms with van der Waals surface area (Å²) in [7, 11) is 0. The molecule has 2 aromatic carbocycles. The van der Waals surface area contributed by atoms with Crippen LogP contribution in [0.2, 0.25) is 0 Å². The minimum absolute atomic E-state index is 0. The quantitative estimate of drug-likeness (QED) is 0.334. The number of halogens is 2. The van der Waals surface area contributed by atoms with E-state index in [4.69, 9.17) is 10.5 Å². The molecule has 0 radical (unpaired) electrons. The summed E-state index contributed by atoms with van der Waals surface area (Å²) in [5, 5.41) is 3.09. The zero-order chi connectivity index (χ0) is 19.9. The number of nitrogens with zero attached hydrogens (tertiary/aromatic N) is 2. The van der Waals surface area contributed by atoms with Gasteiger partial charge < -0.3 is 20.7 Å². The van der Waals surface area contributed by atoms with E-state index in [9.17, 15) is 4.39 Å². The Morgan fingerprint density at radius 1 is 1.21 bits per heavy atom. The smallest absolute Gasteiger partial charge is 0.193 e. The van der Waals surface area contributed by atoms with Crippen molar-refractivity contribution in [2.24, 2.45) is 10.7 Å². The first-order valence-corrected chi connectivity index (χ1v) is 9.85. The van der Waals surface area contributed by atoms with Crippen LogP contribution in [0.25, 0.3) is 0 Å². The molecular weight excluding hydrogens is 482 g/mol. The average Bonchev–Trinajstić information content (AvgIpc) is 2.73. The van der Waals surface area contributed by atoms with Gasteiger partial charge in [0.25, 0.3) is 0 Å². The highest BCUT2D eigenvalue weighted by Gasteiger charge is 2.15. The van der Waals surface area contributed by atoms with E-state index in [1.54, 1.807) is 0 Å². The predicted molar refractivity (Wildman–Crippen MR) is 129 cm³/mol. The van der Waals surface area contributed by atoms with Crippen molar-refractivity contribution >= 4 is 41.3 Å². The normalized spacial score (nSPS) is 15.6. The molecule has 3 N–H and O–H groups in total. The lowest BCUT2D eigenvalue weighted by Crippen LogP contribution is -2.36. The van der Waals surface area contributed by atoms with Crippen LogP contribution in [0.15, 0.2) is 47.5 Å². The minimum atomic E-state index is -0.234. The number of nitrogens with two attached hydrogens (primary N) is 1. The first-order valence-electron chi connectivity index (χ1n) is 9.85. The summed E-state index contributed by atoms with van der Waals surface area (Å²) in [5.41, 5.74) is 9.58. The summed E-state index contributed by atoms with van der Waals surface area (Å²) in [4.78, 5) is 6.33. The van der Waals surface area contributed by atoms with Crippen LogP contribution >= 0.6 is 24.0 Å². The third kappa shape index (κ3) is 6.57. The molecule has 158 valence electrons. The van der Waals surface area contributed by atoms with Gasteiger partial charge in [-0.05, 0) is 47.7 Å². The van der Waals surface area contributed by atoms with Crippen molar-refractivity contribution in [1.29, 1.82) is 0 Å². The van der Waals surface area contributed by atoms with Crippen LogP contribution in [0.3, 0.4) is 0 Å². The van der Waals surface area contributed by atoms with Gasteiger partial charge in [0, 0.05) is 18.8 Å². The molecule has 1 saturated heterocycles. The van der Waals surface area contributed by atoms with Crippen LogP contribution in [0.1, 0.15) is 37.3 Å². The number of benzene rings is 2. The van der Waals surface area contributed by atoms with Gasteiger partial charge in [-0.15, -0.1) is 24.0 Å². The Kier molecular flexibility index (Phi) is 9.16. The van der Waals surface area contributed by atoms with Crippen molar-refractivity contribution < 1.29 is 9.13 Å². The number of guanidine groups is 1. The van der Waals surface area contributed by atoms with Gasteiger partial charge in [-0.1, -0.05) is 32.0 Å². The molecule has 2 aromatic rings. The number of hydrogen-bond donors (Lipinski definition) is 2. The van der Waals surface area contributed by atoms with Gasteiger partial charge in [-0.3, -0.25) is 0 Å². The van der Waals surface area contributed by atoms with Gasteiger partial charge in [0.15, 0.2) is 5.96 Å². The van der Waals surface area contributed by atoms with E-state index in [0.29, 0.717) is 50.4 Å². The molecule has 0 aliphatic carbocycles. The van der Waals surface area contributed by atoms with Crippen molar-refractivity contribution in [2.45, 2.75) is 32.7 Å². The Labute approximate surface area is 189 Å². The molecule has 1 heterocycles. The van der Waals surface area contributed by atoms with Crippen LogP contribution in [0.5, 0.6) is 0 Å². The molecule has 0 spiro atoms. The molecule has 0 aromatic heterocycles. The molecular formula is C22H30FIN4O. The Morgan fingerprint density at radius 2 is 1.90 bits per heavy atom. The van der Waals surface area contributed by atoms with Crippen LogP contribution in [0.4, 0.5) is 15.8 Å². The molecule has 3 rings (SSSR count). The second-order valence-electron chi connectivity index (χ2n) is 7.14. The lowest BCUT2D eigenvalue weighted by atomic mass is 9.99. The molecule has 29 heavy (non-hydrogen) atoms. The molecule has 1 unspecified atom stereocenters. The molecule has 7 heteroatoms. The molecule has 1 atom stereocenters. The van der Waals surface area contributed by atoms with Crippen molar-refractivity contribution in [3.05, 3.63) is 59.4 Å². The topological polar surface area (TPSA) is 62.9 Å². The first kappa shape index (κ1) is 23.4. The minimum Gasteiger partial charge on any atom is -0.378 e. The monoisotopic (exact) mass is 512 g/mol. The largest absolute Gasteiger partial charge is 0.378 e. The van der Waals surface area contributed by atoms with E-state index in [1.807, 2.05) is 29.2 Å². The number of ether oxygens (including phenoxy) is 1. The van der Waals surface area contributed by atoms with E-state index in [0.717, 1.165) is 17.7 Å². The zero-order valence-electron chi connectivity index (χ0n) is 17.0. The Morgan fingerprint density at radius 3 is 2.52 bits per heavy atom. The maximum absolute atomic E-state index is 14.5. The predicted octanol–water partition coefficient (Wildman–Crippen LogP) is 4.72. The molecule has 1 aliphatic heterocycles. The van der Waals surface area contributed by atoms with Gasteiger partial charge in [0.05, 0.1) is 25.4 Å². The Balaban J connectivity index is 0.00000300. The van der Waals surface area contributed by atoms with Crippen LogP contribution in [-0.2, 0) is 11.3 Å². The highest BCUT2D eigenvalue weighted by atomic mass is 127. The lowest BCUT2D eigenvalue weighted by molar-refractivity contribution is 0.122. The maximum atomic E-state index is 14.5. The third-order valence-electron chi connectivity index (χ3n) is 5.16. The molecule has 1 fully saturated rings. The Bertz CT molecular complexity index is 807. The maximum Gasteiger partial charge on any atom is 0.193 e. The third-order valence-corrected chi connectivity index (χ3v) is 5.16. The summed E-state index contributed by atoms with van der Waals surface area (Å²) in [5.74, 6) is 0.617. The summed E-state index contributed by atoms with van der Waals surface area (Å²) in [6.07, 6.45) is 1.11. The van der Waals surface area contributed by atoms with E-state index in [-0.39, 0.29) is 29.8 Å². The van der Waals surface area contributed by atoms with Crippen LogP contribution in [-0.4, -0.2) is 32.3 Å². The number of morpholine rings is 1. The second kappa shape index (κ2) is 11.3. The number of nitrogens with one attached hydrogen (secondary N) is 1. The highest BCUT2D eigenvalue weighted by molar-refractivity contribution is 14.0. The summed E-state index contributed by atoms with van der Waals surface area (Å²) >= 11 is 0. The van der Waals surface area contributed by atoms with Gasteiger partial charge in [0.1, 0.15) is 5.82 Å². The Hall–Kier alpha value is -1.87. The van der Waals surface area contributed by atoms with E-state index < -0.39 is 0 Å². The number of anilines is 2. The number of hydrogen-bond acceptors (Lipinski definition) is 3. The van der Waals surface area contributed by atoms with Crippen molar-refractivity contribution in [3.8, 4) is 0 Å². The van der Waals surface area contributed by atoms with E-state index in [2.05, 4.69) is 36.3 Å². The summed E-state index contributed by atoms with van der Waals surface area (Å²) in [6.45, 7) is 7.39. The molecule has 0 bridgehead atoms. The molecule has 0 saturated carbocycles. The van der Waals surface area contributed by atoms with Crippen LogP contribution < -0.4 is 16.0 Å². The van der Waals surface area contributed by atoms with Gasteiger partial charge >= 0.3 is 0 Å².